The molecule has 0 radical (unpaired) electrons. The number of rotatable bonds is 1. The lowest BCUT2D eigenvalue weighted by Crippen LogP contribution is -2.54. The second-order valence-corrected chi connectivity index (χ2v) is 4.48. The number of nitrogens with one attached hydrogen (secondary N) is 3. The van der Waals surface area contributed by atoms with E-state index in [1.54, 1.807) is 0 Å². The molecule has 0 aromatic heterocycles. The third-order valence-corrected chi connectivity index (χ3v) is 2.82. The van der Waals surface area contributed by atoms with Crippen molar-refractivity contribution in [2.75, 3.05) is 26.7 Å². The summed E-state index contributed by atoms with van der Waals surface area (Å²) >= 11 is 0. The first kappa shape index (κ1) is 10.6. The molecule has 0 aliphatic carbocycles. The van der Waals surface area contributed by atoms with Crippen molar-refractivity contribution < 1.29 is 4.84 Å². The Bertz CT molecular complexity index is 264. The third-order valence-electron chi connectivity index (χ3n) is 2.82. The fourth-order valence-electron chi connectivity index (χ4n) is 2.06. The molecule has 0 bridgehead atoms. The zero-order valence-corrected chi connectivity index (χ0v) is 9.63. The van der Waals surface area contributed by atoms with Crippen molar-refractivity contribution >= 4 is 0 Å². The molecular formula is C10H20N4O. The van der Waals surface area contributed by atoms with Crippen molar-refractivity contribution in [1.29, 1.82) is 0 Å². The number of likely N-dealkylation sites (N-methyl/N-ethyl adjacent to an activating group) is 1. The van der Waals surface area contributed by atoms with E-state index in [0.29, 0.717) is 18.7 Å². The number of hydrogen-bond acceptors (Lipinski definition) is 5. The van der Waals surface area contributed by atoms with Crippen LogP contribution in [0.3, 0.4) is 0 Å². The molecule has 1 unspecified atom stereocenters. The summed E-state index contributed by atoms with van der Waals surface area (Å²) in [7, 11) is 2.13. The highest BCUT2D eigenvalue weighted by atomic mass is 16.6. The molecule has 86 valence electrons. The van der Waals surface area contributed by atoms with Gasteiger partial charge >= 0.3 is 0 Å². The molecule has 0 amide bonds. The molecule has 2 aliphatic heterocycles. The average Bonchev–Trinajstić information content (AvgIpc) is 2.40. The molecule has 2 rings (SSSR count). The van der Waals surface area contributed by atoms with Gasteiger partial charge in [0.25, 0.3) is 0 Å². The van der Waals surface area contributed by atoms with Crippen LogP contribution in [0, 0.1) is 5.92 Å². The van der Waals surface area contributed by atoms with E-state index in [-0.39, 0.29) is 0 Å². The topological polar surface area (TPSA) is 48.6 Å². The maximum Gasteiger partial charge on any atom is 0.145 e. The predicted octanol–water partition coefficient (Wildman–Crippen LogP) is -0.203. The van der Waals surface area contributed by atoms with Gasteiger partial charge in [0.15, 0.2) is 0 Å². The zero-order chi connectivity index (χ0) is 10.8. The van der Waals surface area contributed by atoms with Crippen LogP contribution in [-0.2, 0) is 4.84 Å². The third kappa shape index (κ3) is 2.18. The predicted molar refractivity (Wildman–Crippen MR) is 58.5 cm³/mol. The Morgan fingerprint density at radius 3 is 3.00 bits per heavy atom. The van der Waals surface area contributed by atoms with Crippen molar-refractivity contribution in [3.8, 4) is 0 Å². The molecule has 1 atom stereocenters. The summed E-state index contributed by atoms with van der Waals surface area (Å²) in [4.78, 5) is 7.58. The number of hydroxylamine groups is 1. The first-order chi connectivity index (χ1) is 7.18. The maximum absolute atomic E-state index is 5.28. The van der Waals surface area contributed by atoms with Crippen LogP contribution in [0.4, 0.5) is 0 Å². The van der Waals surface area contributed by atoms with Gasteiger partial charge in [0.05, 0.1) is 18.5 Å². The Morgan fingerprint density at radius 2 is 2.27 bits per heavy atom. The molecule has 5 nitrogen and oxygen atoms in total. The highest BCUT2D eigenvalue weighted by Gasteiger charge is 2.27. The highest BCUT2D eigenvalue weighted by molar-refractivity contribution is 5.15. The summed E-state index contributed by atoms with van der Waals surface area (Å²) in [5, 5.41) is 6.81. The van der Waals surface area contributed by atoms with Crippen molar-refractivity contribution in [3.63, 3.8) is 0 Å². The minimum atomic E-state index is 0.361. The van der Waals surface area contributed by atoms with E-state index < -0.39 is 0 Å². The van der Waals surface area contributed by atoms with Crippen molar-refractivity contribution in [2.45, 2.75) is 20.0 Å². The van der Waals surface area contributed by atoms with Crippen molar-refractivity contribution in [3.05, 3.63) is 11.5 Å². The number of nitrogens with zero attached hydrogens (tertiary/aromatic N) is 1. The normalized spacial score (nSPS) is 27.6. The van der Waals surface area contributed by atoms with Gasteiger partial charge in [-0.05, 0) is 13.0 Å². The molecule has 0 saturated heterocycles. The minimum absolute atomic E-state index is 0.361. The summed E-state index contributed by atoms with van der Waals surface area (Å²) in [6.07, 6.45) is 0.361. The van der Waals surface area contributed by atoms with E-state index in [9.17, 15) is 0 Å². The average molecular weight is 212 g/mol. The quantitative estimate of drug-likeness (QED) is 0.562. The van der Waals surface area contributed by atoms with Gasteiger partial charge in [0.1, 0.15) is 5.82 Å². The molecule has 0 saturated carbocycles. The van der Waals surface area contributed by atoms with E-state index in [1.165, 1.54) is 5.70 Å². The number of hydrogen-bond donors (Lipinski definition) is 3. The molecule has 15 heavy (non-hydrogen) atoms. The molecule has 2 aliphatic rings. The van der Waals surface area contributed by atoms with E-state index in [1.807, 2.05) is 0 Å². The van der Waals surface area contributed by atoms with Gasteiger partial charge in [0, 0.05) is 13.1 Å². The summed E-state index contributed by atoms with van der Waals surface area (Å²) in [6, 6.07) is 0. The second-order valence-electron chi connectivity index (χ2n) is 4.48. The van der Waals surface area contributed by atoms with Crippen LogP contribution in [0.1, 0.15) is 13.8 Å². The van der Waals surface area contributed by atoms with Crippen LogP contribution in [0.5, 0.6) is 0 Å². The fraction of sp³-hybridized carbons (Fsp3) is 0.800. The monoisotopic (exact) mass is 212 g/mol. The Hall–Kier alpha value is -0.940. The van der Waals surface area contributed by atoms with E-state index >= 15 is 0 Å². The van der Waals surface area contributed by atoms with Gasteiger partial charge in [0.2, 0.25) is 0 Å². The van der Waals surface area contributed by atoms with Gasteiger partial charge < -0.3 is 10.6 Å². The Balaban J connectivity index is 2.12. The first-order valence-corrected chi connectivity index (χ1v) is 5.50. The van der Waals surface area contributed by atoms with Gasteiger partial charge in [-0.1, -0.05) is 13.8 Å². The first-order valence-electron chi connectivity index (χ1n) is 5.50. The Kier molecular flexibility index (Phi) is 3.02. The molecule has 2 heterocycles. The van der Waals surface area contributed by atoms with Crippen LogP contribution >= 0.6 is 0 Å². The van der Waals surface area contributed by atoms with Gasteiger partial charge in [-0.2, -0.15) is 0 Å². The van der Waals surface area contributed by atoms with E-state index in [0.717, 1.165) is 18.9 Å². The summed E-state index contributed by atoms with van der Waals surface area (Å²) < 4.78 is 0. The molecule has 3 N–H and O–H groups in total. The van der Waals surface area contributed by atoms with E-state index in [4.69, 9.17) is 4.84 Å². The molecule has 0 fully saturated rings. The lowest BCUT2D eigenvalue weighted by molar-refractivity contribution is 0.0559. The zero-order valence-electron chi connectivity index (χ0n) is 9.63. The van der Waals surface area contributed by atoms with Crippen LogP contribution in [0.2, 0.25) is 0 Å². The molecule has 5 heteroatoms. The van der Waals surface area contributed by atoms with Gasteiger partial charge in [-0.25, -0.2) is 5.48 Å². The van der Waals surface area contributed by atoms with Gasteiger partial charge in [-0.3, -0.25) is 9.74 Å². The molecule has 0 aromatic rings. The standard InChI is InChI=1S/C10H20N4O/c1-7(2)10-12-9-8(6-14(10)3)11-4-5-15-13-9/h7,10-13H,4-6H2,1-3H3. The van der Waals surface area contributed by atoms with Crippen LogP contribution in [0.15, 0.2) is 11.5 Å². The van der Waals surface area contributed by atoms with Crippen molar-refractivity contribution in [1.82, 2.24) is 21.0 Å². The van der Waals surface area contributed by atoms with Crippen molar-refractivity contribution in [2.24, 2.45) is 5.92 Å². The summed E-state index contributed by atoms with van der Waals surface area (Å²) in [5.74, 6) is 1.55. The summed E-state index contributed by atoms with van der Waals surface area (Å²) in [5.41, 5.74) is 4.16. The lowest BCUT2D eigenvalue weighted by Gasteiger charge is -2.38. The molecular weight excluding hydrogens is 192 g/mol. The summed E-state index contributed by atoms with van der Waals surface area (Å²) in [6.45, 7) is 6.90. The Labute approximate surface area is 90.8 Å². The van der Waals surface area contributed by atoms with Crippen LogP contribution < -0.4 is 16.1 Å². The SMILES string of the molecule is CC(C)C1NC2=C(CN1C)NCCON2. The van der Waals surface area contributed by atoms with Crippen LogP contribution in [0.25, 0.3) is 0 Å². The largest absolute Gasteiger partial charge is 0.382 e. The molecule has 0 spiro atoms. The molecule has 0 aromatic carbocycles. The lowest BCUT2D eigenvalue weighted by atomic mass is 10.1. The van der Waals surface area contributed by atoms with E-state index in [2.05, 4.69) is 41.9 Å². The smallest absolute Gasteiger partial charge is 0.145 e. The highest BCUT2D eigenvalue weighted by Crippen LogP contribution is 2.15. The maximum atomic E-state index is 5.28. The minimum Gasteiger partial charge on any atom is -0.382 e. The second kappa shape index (κ2) is 4.28. The fourth-order valence-corrected chi connectivity index (χ4v) is 2.06. The van der Waals surface area contributed by atoms with Gasteiger partial charge in [-0.15, -0.1) is 0 Å². The van der Waals surface area contributed by atoms with Crippen LogP contribution in [-0.4, -0.2) is 37.8 Å². The Morgan fingerprint density at radius 1 is 1.47 bits per heavy atom.